The molecule has 25 heavy (non-hydrogen) atoms. The summed E-state index contributed by atoms with van der Waals surface area (Å²) in [4.78, 5) is 4.47. The Bertz CT molecular complexity index is 742. The van der Waals surface area contributed by atoms with Gasteiger partial charge in [-0.2, -0.15) is 0 Å². The second-order valence-electron chi connectivity index (χ2n) is 7.58. The monoisotopic (exact) mass is 343 g/mol. The summed E-state index contributed by atoms with van der Waals surface area (Å²) in [6.07, 6.45) is 5.96. The van der Waals surface area contributed by atoms with E-state index in [0.717, 1.165) is 23.5 Å². The van der Waals surface area contributed by atoms with E-state index in [4.69, 9.17) is 9.47 Å². The van der Waals surface area contributed by atoms with Crippen LogP contribution >= 0.6 is 0 Å². The Morgan fingerprint density at radius 2 is 2.08 bits per heavy atom. The number of hydrogen-bond donors (Lipinski definition) is 2. The first-order valence-corrected chi connectivity index (χ1v) is 9.41. The van der Waals surface area contributed by atoms with Gasteiger partial charge in [0, 0.05) is 0 Å². The molecule has 0 spiro atoms. The Kier molecular flexibility index (Phi) is 4.01. The minimum atomic E-state index is -0.565. The van der Waals surface area contributed by atoms with Crippen molar-refractivity contribution in [3.05, 3.63) is 30.6 Å². The highest BCUT2D eigenvalue weighted by Crippen LogP contribution is 2.37. The lowest BCUT2D eigenvalue weighted by molar-refractivity contribution is -0.164. The van der Waals surface area contributed by atoms with Crippen LogP contribution in [0.25, 0.3) is 11.0 Å². The lowest BCUT2D eigenvalue weighted by Crippen LogP contribution is -2.58. The molecule has 6 heteroatoms. The van der Waals surface area contributed by atoms with Crippen molar-refractivity contribution in [1.29, 1.82) is 0 Å². The fourth-order valence-corrected chi connectivity index (χ4v) is 4.68. The zero-order chi connectivity index (χ0) is 16.8. The van der Waals surface area contributed by atoms with E-state index >= 15 is 0 Å². The van der Waals surface area contributed by atoms with Crippen LogP contribution in [0.5, 0.6) is 0 Å². The Morgan fingerprint density at radius 3 is 2.96 bits per heavy atom. The van der Waals surface area contributed by atoms with Crippen LogP contribution in [-0.4, -0.2) is 52.3 Å². The van der Waals surface area contributed by atoms with Crippen molar-refractivity contribution < 1.29 is 14.6 Å². The van der Waals surface area contributed by atoms with Crippen LogP contribution in [0.2, 0.25) is 0 Å². The molecule has 0 radical (unpaired) electrons. The molecule has 2 bridgehead atoms. The summed E-state index contributed by atoms with van der Waals surface area (Å²) in [5.74, 6) is 0.722. The van der Waals surface area contributed by atoms with Crippen LogP contribution in [0.4, 0.5) is 0 Å². The van der Waals surface area contributed by atoms with E-state index in [-0.39, 0.29) is 18.2 Å². The highest BCUT2D eigenvalue weighted by atomic mass is 16.7. The minimum absolute atomic E-state index is 0.0764. The summed E-state index contributed by atoms with van der Waals surface area (Å²) in [5, 5.41) is 14.7. The topological polar surface area (TPSA) is 68.5 Å². The lowest BCUT2D eigenvalue weighted by atomic mass is 9.95. The molecule has 1 aromatic carbocycles. The lowest BCUT2D eigenvalue weighted by Gasteiger charge is -2.39. The highest BCUT2D eigenvalue weighted by molar-refractivity contribution is 5.75. The summed E-state index contributed by atoms with van der Waals surface area (Å²) in [6, 6.07) is 7.58. The van der Waals surface area contributed by atoms with Gasteiger partial charge in [-0.05, 0) is 37.4 Å². The van der Waals surface area contributed by atoms with Gasteiger partial charge < -0.3 is 24.5 Å². The van der Waals surface area contributed by atoms with Crippen LogP contribution < -0.4 is 5.32 Å². The molecular formula is C19H25N3O3. The summed E-state index contributed by atoms with van der Waals surface area (Å²) in [7, 11) is 0. The van der Waals surface area contributed by atoms with Gasteiger partial charge in [-0.15, -0.1) is 0 Å². The minimum Gasteiger partial charge on any atom is -0.389 e. The molecule has 134 valence electrons. The number of para-hydroxylation sites is 2. The fourth-order valence-electron chi connectivity index (χ4n) is 4.68. The van der Waals surface area contributed by atoms with Gasteiger partial charge in [-0.3, -0.25) is 0 Å². The first-order chi connectivity index (χ1) is 12.3. The van der Waals surface area contributed by atoms with Crippen molar-refractivity contribution in [1.82, 2.24) is 14.9 Å². The van der Waals surface area contributed by atoms with Gasteiger partial charge in [0.15, 0.2) is 6.29 Å². The van der Waals surface area contributed by atoms with Crippen molar-refractivity contribution >= 4 is 11.0 Å². The van der Waals surface area contributed by atoms with Crippen LogP contribution in [0.15, 0.2) is 30.6 Å². The largest absolute Gasteiger partial charge is 0.389 e. The summed E-state index contributed by atoms with van der Waals surface area (Å²) in [5.41, 5.74) is 1.92. The maximum atomic E-state index is 11.1. The van der Waals surface area contributed by atoms with Crippen molar-refractivity contribution in [3.63, 3.8) is 0 Å². The van der Waals surface area contributed by atoms with Crippen molar-refractivity contribution in [3.8, 4) is 0 Å². The smallest absolute Gasteiger partial charge is 0.181 e. The van der Waals surface area contributed by atoms with Gasteiger partial charge in [0.2, 0.25) is 0 Å². The Hall–Kier alpha value is -1.47. The van der Waals surface area contributed by atoms with Gasteiger partial charge in [-0.25, -0.2) is 4.98 Å². The predicted octanol–water partition coefficient (Wildman–Crippen LogP) is 1.84. The number of hydrogen-bond acceptors (Lipinski definition) is 5. The van der Waals surface area contributed by atoms with Crippen LogP contribution in [0.1, 0.15) is 31.7 Å². The van der Waals surface area contributed by atoms with E-state index in [2.05, 4.69) is 10.3 Å². The Labute approximate surface area is 147 Å². The second-order valence-corrected chi connectivity index (χ2v) is 7.58. The third kappa shape index (κ3) is 2.68. The van der Waals surface area contributed by atoms with Crippen molar-refractivity contribution in [2.24, 2.45) is 5.92 Å². The molecular weight excluding hydrogens is 318 g/mol. The molecule has 5 atom stereocenters. The molecule has 2 saturated heterocycles. The number of benzene rings is 1. The number of aliphatic hydroxyl groups excluding tert-OH is 1. The maximum absolute atomic E-state index is 11.1. The molecule has 1 saturated carbocycles. The molecule has 3 fully saturated rings. The van der Waals surface area contributed by atoms with Gasteiger partial charge in [0.25, 0.3) is 0 Å². The van der Waals surface area contributed by atoms with Gasteiger partial charge >= 0.3 is 0 Å². The molecule has 1 aliphatic carbocycles. The Morgan fingerprint density at radius 1 is 1.24 bits per heavy atom. The van der Waals surface area contributed by atoms with E-state index in [9.17, 15) is 5.11 Å². The molecule has 5 rings (SSSR count). The van der Waals surface area contributed by atoms with Crippen molar-refractivity contribution in [2.45, 2.75) is 56.3 Å². The average Bonchev–Trinajstić information content (AvgIpc) is 3.36. The van der Waals surface area contributed by atoms with Crippen LogP contribution in [-0.2, 0) is 9.47 Å². The van der Waals surface area contributed by atoms with Gasteiger partial charge in [-0.1, -0.05) is 25.0 Å². The number of fused-ring (bicyclic) bond motifs is 3. The highest BCUT2D eigenvalue weighted by Gasteiger charge is 2.51. The number of nitrogens with one attached hydrogen (secondary N) is 1. The quantitative estimate of drug-likeness (QED) is 0.887. The molecule has 0 unspecified atom stereocenters. The Balaban J connectivity index is 1.41. The molecule has 2 N–H and O–H groups in total. The molecule has 6 nitrogen and oxygen atoms in total. The SMILES string of the molecule is O[C@H]1[C@H](NCC2CCCC2)[C@H]2CO[C@H](O2)[C@@H]1n1cnc2ccccc21. The number of aromatic nitrogens is 2. The second kappa shape index (κ2) is 6.36. The molecule has 3 aliphatic rings. The van der Waals surface area contributed by atoms with Crippen LogP contribution in [0, 0.1) is 5.92 Å². The molecule has 3 heterocycles. The first-order valence-electron chi connectivity index (χ1n) is 9.41. The van der Waals surface area contributed by atoms with E-state index in [0.29, 0.717) is 6.61 Å². The van der Waals surface area contributed by atoms with E-state index in [1.165, 1.54) is 25.7 Å². The summed E-state index contributed by atoms with van der Waals surface area (Å²) < 4.78 is 14.0. The first kappa shape index (κ1) is 15.8. The van der Waals surface area contributed by atoms with E-state index < -0.39 is 12.4 Å². The number of aliphatic hydroxyl groups is 1. The summed E-state index contributed by atoms with van der Waals surface area (Å²) in [6.45, 7) is 1.48. The zero-order valence-electron chi connectivity index (χ0n) is 14.3. The maximum Gasteiger partial charge on any atom is 0.181 e. The molecule has 1 aromatic heterocycles. The number of imidazole rings is 1. The standard InChI is InChI=1S/C19H25N3O3/c23-18-16(20-9-12-5-1-2-6-12)15-10-24-19(25-15)17(18)22-11-21-13-7-3-4-8-14(13)22/h3-4,7-8,11-12,15-20,23H,1-2,5-6,9-10H2/t15-,16-,17-,18+,19-/m1/s1. The average molecular weight is 343 g/mol. The van der Waals surface area contributed by atoms with Gasteiger partial charge in [0.1, 0.15) is 12.1 Å². The van der Waals surface area contributed by atoms with E-state index in [1.807, 2.05) is 28.8 Å². The predicted molar refractivity (Wildman–Crippen MR) is 93.1 cm³/mol. The fraction of sp³-hybridized carbons (Fsp3) is 0.632. The number of nitrogens with zero attached hydrogens (tertiary/aromatic N) is 2. The molecule has 2 aliphatic heterocycles. The van der Waals surface area contributed by atoms with Crippen molar-refractivity contribution in [2.75, 3.05) is 13.2 Å². The van der Waals surface area contributed by atoms with Crippen LogP contribution in [0.3, 0.4) is 0 Å². The third-order valence-electron chi connectivity index (χ3n) is 6.05. The zero-order valence-corrected chi connectivity index (χ0v) is 14.3. The molecule has 2 aromatic rings. The molecule has 0 amide bonds. The van der Waals surface area contributed by atoms with Gasteiger partial charge in [0.05, 0.1) is 36.1 Å². The number of ether oxygens (including phenoxy) is 2. The van der Waals surface area contributed by atoms with E-state index in [1.54, 1.807) is 6.33 Å². The number of rotatable bonds is 4. The normalized spacial score (nSPS) is 35.6. The summed E-state index contributed by atoms with van der Waals surface area (Å²) >= 11 is 0. The third-order valence-corrected chi connectivity index (χ3v) is 6.05.